The summed E-state index contributed by atoms with van der Waals surface area (Å²) in [7, 11) is 0. The van der Waals surface area contributed by atoms with E-state index in [1.165, 1.54) is 12.1 Å². The largest absolute Gasteiger partial charge is 0.303 e. The molecule has 16 heavy (non-hydrogen) atoms. The highest BCUT2D eigenvalue weighted by Gasteiger charge is 2.05. The number of benzene rings is 2. The van der Waals surface area contributed by atoms with Gasteiger partial charge in [-0.05, 0) is 28.8 Å². The lowest BCUT2D eigenvalue weighted by atomic mass is 9.98. The van der Waals surface area contributed by atoms with Crippen molar-refractivity contribution in [3.05, 3.63) is 59.9 Å². The molecule has 2 rings (SSSR count). The molecule has 2 aromatic rings. The molecule has 0 heterocycles. The van der Waals surface area contributed by atoms with Gasteiger partial charge in [-0.15, -0.1) is 0 Å². The molecule has 0 aliphatic heterocycles. The molecule has 2 aromatic carbocycles. The Morgan fingerprint density at radius 3 is 2.50 bits per heavy atom. The van der Waals surface area contributed by atoms with Crippen LogP contribution in [-0.4, -0.2) is 6.29 Å². The van der Waals surface area contributed by atoms with Gasteiger partial charge in [-0.3, -0.25) is 0 Å². The lowest BCUT2D eigenvalue weighted by molar-refractivity contribution is -0.107. The van der Waals surface area contributed by atoms with Crippen LogP contribution < -0.4 is 0 Å². The molecule has 0 bridgehead atoms. The predicted octanol–water partition coefficient (Wildman–Crippen LogP) is 3.23. The monoisotopic (exact) mass is 214 g/mol. The fourth-order valence-electron chi connectivity index (χ4n) is 1.72. The Hall–Kier alpha value is -1.96. The molecule has 0 atom stereocenters. The summed E-state index contributed by atoms with van der Waals surface area (Å²) in [5.74, 6) is -0.309. The van der Waals surface area contributed by atoms with Crippen molar-refractivity contribution in [3.8, 4) is 11.1 Å². The number of hydrogen-bond donors (Lipinski definition) is 0. The van der Waals surface area contributed by atoms with E-state index in [9.17, 15) is 9.18 Å². The average molecular weight is 214 g/mol. The number of carbonyl (C=O) groups excluding carboxylic acids is 1. The third kappa shape index (κ3) is 2.16. The summed E-state index contributed by atoms with van der Waals surface area (Å²) in [6.45, 7) is 0. The van der Waals surface area contributed by atoms with Crippen LogP contribution in [-0.2, 0) is 11.2 Å². The maximum absolute atomic E-state index is 13.1. The molecule has 0 saturated heterocycles. The first-order valence-corrected chi connectivity index (χ1v) is 5.09. The molecule has 0 aliphatic carbocycles. The van der Waals surface area contributed by atoms with E-state index in [1.54, 1.807) is 6.07 Å². The van der Waals surface area contributed by atoms with Gasteiger partial charge in [0.25, 0.3) is 0 Å². The van der Waals surface area contributed by atoms with E-state index >= 15 is 0 Å². The van der Waals surface area contributed by atoms with Gasteiger partial charge in [0.05, 0.1) is 0 Å². The lowest BCUT2D eigenvalue weighted by Crippen LogP contribution is -1.92. The second-order valence-electron chi connectivity index (χ2n) is 3.54. The Bertz CT molecular complexity index is 491. The van der Waals surface area contributed by atoms with Crippen molar-refractivity contribution >= 4 is 6.29 Å². The number of carbonyl (C=O) groups is 1. The second kappa shape index (κ2) is 4.71. The summed E-state index contributed by atoms with van der Waals surface area (Å²) < 4.78 is 13.1. The topological polar surface area (TPSA) is 17.1 Å². The molecule has 0 amide bonds. The minimum Gasteiger partial charge on any atom is -0.303 e. The van der Waals surface area contributed by atoms with Crippen molar-refractivity contribution in [1.82, 2.24) is 0 Å². The first-order chi connectivity index (χ1) is 7.81. The fourth-order valence-corrected chi connectivity index (χ4v) is 1.72. The van der Waals surface area contributed by atoms with E-state index in [0.717, 1.165) is 23.0 Å². The smallest absolute Gasteiger partial charge is 0.124 e. The number of rotatable bonds is 3. The predicted molar refractivity (Wildman–Crippen MR) is 61.6 cm³/mol. The molecule has 2 heteroatoms. The van der Waals surface area contributed by atoms with Crippen molar-refractivity contribution in [3.63, 3.8) is 0 Å². The van der Waals surface area contributed by atoms with Crippen LogP contribution in [0.2, 0.25) is 0 Å². The summed E-state index contributed by atoms with van der Waals surface area (Å²) in [5.41, 5.74) is 2.63. The lowest BCUT2D eigenvalue weighted by Gasteiger charge is -2.07. The SMILES string of the molecule is O=CCc1cc(F)ccc1-c1ccccc1. The van der Waals surface area contributed by atoms with Crippen molar-refractivity contribution in [2.24, 2.45) is 0 Å². The van der Waals surface area contributed by atoms with Gasteiger partial charge in [0.2, 0.25) is 0 Å². The Balaban J connectivity index is 2.51. The summed E-state index contributed by atoms with van der Waals surface area (Å²) in [6, 6.07) is 14.2. The maximum atomic E-state index is 13.1. The summed E-state index contributed by atoms with van der Waals surface area (Å²) in [5, 5.41) is 0. The van der Waals surface area contributed by atoms with E-state index in [2.05, 4.69) is 0 Å². The van der Waals surface area contributed by atoms with Gasteiger partial charge in [-0.25, -0.2) is 4.39 Å². The Kier molecular flexibility index (Phi) is 3.10. The zero-order valence-corrected chi connectivity index (χ0v) is 8.69. The second-order valence-corrected chi connectivity index (χ2v) is 3.54. The first-order valence-electron chi connectivity index (χ1n) is 5.09. The molecular weight excluding hydrogens is 203 g/mol. The van der Waals surface area contributed by atoms with Crippen LogP contribution in [0.3, 0.4) is 0 Å². The first kappa shape index (κ1) is 10.6. The number of halogens is 1. The molecule has 0 fully saturated rings. The van der Waals surface area contributed by atoms with Crippen LogP contribution >= 0.6 is 0 Å². The van der Waals surface area contributed by atoms with Gasteiger partial charge >= 0.3 is 0 Å². The Labute approximate surface area is 93.5 Å². The fraction of sp³-hybridized carbons (Fsp3) is 0.0714. The van der Waals surface area contributed by atoms with Crippen molar-refractivity contribution < 1.29 is 9.18 Å². The highest BCUT2D eigenvalue weighted by molar-refractivity contribution is 5.71. The molecule has 0 aromatic heterocycles. The molecular formula is C14H11FO. The van der Waals surface area contributed by atoms with Gasteiger partial charge in [-0.2, -0.15) is 0 Å². The van der Waals surface area contributed by atoms with Gasteiger partial charge in [-0.1, -0.05) is 36.4 Å². The summed E-state index contributed by atoms with van der Waals surface area (Å²) in [4.78, 5) is 10.5. The maximum Gasteiger partial charge on any atom is 0.124 e. The average Bonchev–Trinajstić information content (AvgIpc) is 2.31. The quantitative estimate of drug-likeness (QED) is 0.717. The minimum atomic E-state index is -0.309. The third-order valence-electron chi connectivity index (χ3n) is 2.46. The van der Waals surface area contributed by atoms with Crippen LogP contribution in [0.5, 0.6) is 0 Å². The zero-order valence-electron chi connectivity index (χ0n) is 8.69. The highest BCUT2D eigenvalue weighted by Crippen LogP contribution is 2.24. The van der Waals surface area contributed by atoms with Crippen LogP contribution in [0.25, 0.3) is 11.1 Å². The normalized spacial score (nSPS) is 10.1. The molecule has 0 N–H and O–H groups in total. The molecule has 0 saturated carbocycles. The van der Waals surface area contributed by atoms with Gasteiger partial charge in [0.1, 0.15) is 12.1 Å². The third-order valence-corrected chi connectivity index (χ3v) is 2.46. The van der Waals surface area contributed by atoms with Crippen LogP contribution in [0, 0.1) is 5.82 Å². The Morgan fingerprint density at radius 1 is 1.06 bits per heavy atom. The molecule has 0 aliphatic rings. The van der Waals surface area contributed by atoms with Crippen LogP contribution in [0.4, 0.5) is 4.39 Å². The van der Waals surface area contributed by atoms with Crippen molar-refractivity contribution in [2.75, 3.05) is 0 Å². The molecule has 0 radical (unpaired) electrons. The highest BCUT2D eigenvalue weighted by atomic mass is 19.1. The van der Waals surface area contributed by atoms with Crippen molar-refractivity contribution in [2.45, 2.75) is 6.42 Å². The summed E-state index contributed by atoms with van der Waals surface area (Å²) >= 11 is 0. The zero-order chi connectivity index (χ0) is 11.4. The van der Waals surface area contributed by atoms with Gasteiger partial charge in [0, 0.05) is 6.42 Å². The number of hydrogen-bond acceptors (Lipinski definition) is 1. The van der Waals surface area contributed by atoms with E-state index in [4.69, 9.17) is 0 Å². The van der Waals surface area contributed by atoms with Crippen LogP contribution in [0.1, 0.15) is 5.56 Å². The minimum absolute atomic E-state index is 0.238. The Morgan fingerprint density at radius 2 is 1.81 bits per heavy atom. The molecule has 1 nitrogen and oxygen atoms in total. The van der Waals surface area contributed by atoms with E-state index in [-0.39, 0.29) is 12.2 Å². The molecule has 0 unspecified atom stereocenters. The van der Waals surface area contributed by atoms with Gasteiger partial charge < -0.3 is 4.79 Å². The molecule has 0 spiro atoms. The molecule has 80 valence electrons. The van der Waals surface area contributed by atoms with E-state index in [1.807, 2.05) is 30.3 Å². The number of aldehydes is 1. The summed E-state index contributed by atoms with van der Waals surface area (Å²) in [6.07, 6.45) is 1.03. The van der Waals surface area contributed by atoms with Crippen molar-refractivity contribution in [1.29, 1.82) is 0 Å². The van der Waals surface area contributed by atoms with Gasteiger partial charge in [0.15, 0.2) is 0 Å². The van der Waals surface area contributed by atoms with Crippen LogP contribution in [0.15, 0.2) is 48.5 Å². The van der Waals surface area contributed by atoms with E-state index < -0.39 is 0 Å². The van der Waals surface area contributed by atoms with E-state index in [0.29, 0.717) is 0 Å². The standard InChI is InChI=1S/C14H11FO/c15-13-6-7-14(12(10-13)8-9-16)11-4-2-1-3-5-11/h1-7,9-10H,8H2.